The molecule has 2 fully saturated rings. The number of phenolic OH excluding ortho intramolecular Hbond substituents is 1. The van der Waals surface area contributed by atoms with Crippen molar-refractivity contribution in [2.45, 2.75) is 44.9 Å². The molecule has 34 heavy (non-hydrogen) atoms. The Balaban J connectivity index is 1.52. The first-order valence-electron chi connectivity index (χ1n) is 11.9. The zero-order valence-corrected chi connectivity index (χ0v) is 19.0. The van der Waals surface area contributed by atoms with Gasteiger partial charge < -0.3 is 10.4 Å². The van der Waals surface area contributed by atoms with Crippen LogP contribution in [0.4, 0.5) is 24.5 Å². The van der Waals surface area contributed by atoms with Gasteiger partial charge in [0.15, 0.2) is 0 Å². The third-order valence-corrected chi connectivity index (χ3v) is 6.79. The van der Waals surface area contributed by atoms with E-state index in [2.05, 4.69) is 26.2 Å². The lowest BCUT2D eigenvalue weighted by Gasteiger charge is -2.21. The van der Waals surface area contributed by atoms with Crippen LogP contribution in [0.1, 0.15) is 42.4 Å². The number of fused-ring (bicyclic) bond motifs is 1. The molecule has 3 aromatic rings. The number of aromatic hydroxyl groups is 1. The standard InChI is InChI=1S/C26H29F3N4O/c27-26(28,29)21-7-5-6-20-22(8-9-30-24(20)21)31-23-15-18(16-32-10-1-2-11-32)14-19(25(23)34)17-33-12-3-4-13-33/h5-9,14-15,34H,1-4,10-13,16-17H2,(H,30,31). The third kappa shape index (κ3) is 4.83. The van der Waals surface area contributed by atoms with Gasteiger partial charge in [-0.05, 0) is 81.7 Å². The van der Waals surface area contributed by atoms with Gasteiger partial charge in [-0.15, -0.1) is 0 Å². The number of likely N-dealkylation sites (tertiary alicyclic amines) is 2. The predicted octanol–water partition coefficient (Wildman–Crippen LogP) is 5.89. The largest absolute Gasteiger partial charge is 0.505 e. The Hall–Kier alpha value is -2.84. The lowest BCUT2D eigenvalue weighted by Crippen LogP contribution is -2.20. The second-order valence-corrected chi connectivity index (χ2v) is 9.30. The Labute approximate surface area is 197 Å². The maximum absolute atomic E-state index is 13.5. The number of aromatic nitrogens is 1. The number of anilines is 2. The summed E-state index contributed by atoms with van der Waals surface area (Å²) in [4.78, 5) is 8.73. The molecule has 0 amide bonds. The number of nitrogens with one attached hydrogen (secondary N) is 1. The van der Waals surface area contributed by atoms with E-state index in [-0.39, 0.29) is 11.3 Å². The van der Waals surface area contributed by atoms with Crippen LogP contribution in [0.2, 0.25) is 0 Å². The molecule has 0 spiro atoms. The molecule has 5 nitrogen and oxygen atoms in total. The Morgan fingerprint density at radius 3 is 2.24 bits per heavy atom. The number of phenols is 1. The van der Waals surface area contributed by atoms with Crippen molar-refractivity contribution in [3.63, 3.8) is 0 Å². The summed E-state index contributed by atoms with van der Waals surface area (Å²) in [7, 11) is 0. The molecule has 0 bridgehead atoms. The average molecular weight is 471 g/mol. The normalized spacial score (nSPS) is 17.6. The number of nitrogens with zero attached hydrogens (tertiary/aromatic N) is 3. The fraction of sp³-hybridized carbons (Fsp3) is 0.423. The van der Waals surface area contributed by atoms with Crippen molar-refractivity contribution in [3.05, 3.63) is 59.3 Å². The summed E-state index contributed by atoms with van der Waals surface area (Å²) >= 11 is 0. The molecule has 2 aliphatic heterocycles. The molecular weight excluding hydrogens is 441 g/mol. The SMILES string of the molecule is Oc1c(CN2CCCC2)cc(CN2CCCC2)cc1Nc1ccnc2c(C(F)(F)F)cccc12. The molecule has 180 valence electrons. The second kappa shape index (κ2) is 9.43. The molecule has 0 radical (unpaired) electrons. The zero-order chi connectivity index (χ0) is 23.7. The Bertz CT molecular complexity index is 1170. The number of halogens is 3. The summed E-state index contributed by atoms with van der Waals surface area (Å²) in [6, 6.07) is 9.69. The van der Waals surface area contributed by atoms with Gasteiger partial charge in [-0.25, -0.2) is 0 Å². The van der Waals surface area contributed by atoms with E-state index in [4.69, 9.17) is 0 Å². The van der Waals surface area contributed by atoms with E-state index in [1.807, 2.05) is 6.07 Å². The maximum Gasteiger partial charge on any atom is 0.418 e. The number of benzene rings is 2. The van der Waals surface area contributed by atoms with E-state index in [9.17, 15) is 18.3 Å². The molecular formula is C26H29F3N4O. The van der Waals surface area contributed by atoms with E-state index in [0.29, 0.717) is 23.3 Å². The number of hydrogen-bond donors (Lipinski definition) is 2. The Morgan fingerprint density at radius 1 is 0.882 bits per heavy atom. The fourth-order valence-electron chi connectivity index (χ4n) is 5.11. The van der Waals surface area contributed by atoms with Crippen LogP contribution in [-0.2, 0) is 19.3 Å². The maximum atomic E-state index is 13.5. The summed E-state index contributed by atoms with van der Waals surface area (Å²) in [6.07, 6.45) is 1.57. The molecule has 0 unspecified atom stereocenters. The number of rotatable bonds is 6. The van der Waals surface area contributed by atoms with Crippen molar-refractivity contribution >= 4 is 22.3 Å². The van der Waals surface area contributed by atoms with Crippen molar-refractivity contribution in [2.75, 3.05) is 31.5 Å². The van der Waals surface area contributed by atoms with Crippen molar-refractivity contribution in [3.8, 4) is 5.75 Å². The van der Waals surface area contributed by atoms with E-state index < -0.39 is 11.7 Å². The van der Waals surface area contributed by atoms with Crippen LogP contribution in [0.5, 0.6) is 5.75 Å². The highest BCUT2D eigenvalue weighted by molar-refractivity contribution is 5.95. The van der Waals surface area contributed by atoms with Crippen LogP contribution >= 0.6 is 0 Å². The summed E-state index contributed by atoms with van der Waals surface area (Å²) in [5.41, 5.74) is 2.05. The molecule has 1 aromatic heterocycles. The molecule has 5 rings (SSSR count). The first kappa shape index (κ1) is 22.9. The van der Waals surface area contributed by atoms with Crippen LogP contribution in [0.3, 0.4) is 0 Å². The van der Waals surface area contributed by atoms with Crippen LogP contribution in [0.15, 0.2) is 42.6 Å². The van der Waals surface area contributed by atoms with Gasteiger partial charge in [0.25, 0.3) is 0 Å². The molecule has 2 N–H and O–H groups in total. The molecule has 0 aliphatic carbocycles. The second-order valence-electron chi connectivity index (χ2n) is 9.30. The molecule has 0 atom stereocenters. The highest BCUT2D eigenvalue weighted by atomic mass is 19.4. The third-order valence-electron chi connectivity index (χ3n) is 6.79. The number of hydrogen-bond acceptors (Lipinski definition) is 5. The summed E-state index contributed by atoms with van der Waals surface area (Å²) in [6.45, 7) is 5.57. The van der Waals surface area contributed by atoms with E-state index in [1.165, 1.54) is 25.1 Å². The molecule has 2 aromatic carbocycles. The highest BCUT2D eigenvalue weighted by Crippen LogP contribution is 2.39. The fourth-order valence-corrected chi connectivity index (χ4v) is 5.11. The molecule has 2 saturated heterocycles. The first-order valence-corrected chi connectivity index (χ1v) is 11.9. The van der Waals surface area contributed by atoms with Crippen molar-refractivity contribution in [2.24, 2.45) is 0 Å². The van der Waals surface area contributed by atoms with Gasteiger partial charge in [-0.2, -0.15) is 13.2 Å². The predicted molar refractivity (Wildman–Crippen MR) is 127 cm³/mol. The van der Waals surface area contributed by atoms with Gasteiger partial charge in [0.05, 0.1) is 16.8 Å². The smallest absolute Gasteiger partial charge is 0.418 e. The molecule has 2 aliphatic rings. The summed E-state index contributed by atoms with van der Waals surface area (Å²) in [5, 5.41) is 14.7. The quantitative estimate of drug-likeness (QED) is 0.440. The van der Waals surface area contributed by atoms with Crippen LogP contribution < -0.4 is 5.32 Å². The minimum absolute atomic E-state index is 0.106. The highest BCUT2D eigenvalue weighted by Gasteiger charge is 2.33. The van der Waals surface area contributed by atoms with E-state index in [0.717, 1.165) is 62.8 Å². The lowest BCUT2D eigenvalue weighted by atomic mass is 10.0. The Kier molecular flexibility index (Phi) is 6.36. The van der Waals surface area contributed by atoms with Crippen molar-refractivity contribution in [1.29, 1.82) is 0 Å². The summed E-state index contributed by atoms with van der Waals surface area (Å²) < 4.78 is 40.6. The van der Waals surface area contributed by atoms with Gasteiger partial charge in [0.1, 0.15) is 5.75 Å². The van der Waals surface area contributed by atoms with Gasteiger partial charge in [-0.1, -0.05) is 12.1 Å². The van der Waals surface area contributed by atoms with Gasteiger partial charge in [0.2, 0.25) is 0 Å². The molecule has 8 heteroatoms. The van der Waals surface area contributed by atoms with Gasteiger partial charge in [0, 0.05) is 35.9 Å². The van der Waals surface area contributed by atoms with Crippen LogP contribution in [0.25, 0.3) is 10.9 Å². The topological polar surface area (TPSA) is 51.6 Å². The monoisotopic (exact) mass is 470 g/mol. The number of para-hydroxylation sites is 1. The number of pyridine rings is 1. The van der Waals surface area contributed by atoms with E-state index >= 15 is 0 Å². The lowest BCUT2D eigenvalue weighted by molar-refractivity contribution is -0.136. The molecule has 3 heterocycles. The minimum atomic E-state index is -4.49. The summed E-state index contributed by atoms with van der Waals surface area (Å²) in [5.74, 6) is 0.147. The molecule has 0 saturated carbocycles. The van der Waals surface area contributed by atoms with Crippen molar-refractivity contribution < 1.29 is 18.3 Å². The van der Waals surface area contributed by atoms with Gasteiger partial charge in [-0.3, -0.25) is 14.8 Å². The first-order chi connectivity index (χ1) is 16.4. The van der Waals surface area contributed by atoms with E-state index in [1.54, 1.807) is 12.1 Å². The Morgan fingerprint density at radius 2 is 1.56 bits per heavy atom. The van der Waals surface area contributed by atoms with Crippen LogP contribution in [0, 0.1) is 0 Å². The van der Waals surface area contributed by atoms with Gasteiger partial charge >= 0.3 is 6.18 Å². The minimum Gasteiger partial charge on any atom is -0.505 e. The van der Waals surface area contributed by atoms with Crippen molar-refractivity contribution in [1.82, 2.24) is 14.8 Å². The van der Waals surface area contributed by atoms with Crippen LogP contribution in [-0.4, -0.2) is 46.1 Å². The zero-order valence-electron chi connectivity index (χ0n) is 19.0. The average Bonchev–Trinajstić information content (AvgIpc) is 3.50. The number of alkyl halides is 3.